The molecule has 0 aliphatic heterocycles. The molecule has 136 valence electrons. The Morgan fingerprint density at radius 3 is 2.56 bits per heavy atom. The second kappa shape index (κ2) is 8.18. The van der Waals surface area contributed by atoms with E-state index in [1.54, 1.807) is 31.2 Å². The van der Waals surface area contributed by atoms with Gasteiger partial charge >= 0.3 is 6.18 Å². The van der Waals surface area contributed by atoms with Crippen molar-refractivity contribution in [3.8, 4) is 5.69 Å². The number of aryl methyl sites for hydroxylation is 1. The Kier molecular flexibility index (Phi) is 6.22. The van der Waals surface area contributed by atoms with Crippen LogP contribution >= 0.6 is 0 Å². The van der Waals surface area contributed by atoms with E-state index < -0.39 is 23.3 Å². The quantitative estimate of drug-likeness (QED) is 0.745. The van der Waals surface area contributed by atoms with Crippen LogP contribution in [0.5, 0.6) is 0 Å². The lowest BCUT2D eigenvalue weighted by Crippen LogP contribution is -2.27. The molecular weight excluding hydrogens is 331 g/mol. The van der Waals surface area contributed by atoms with E-state index in [-0.39, 0.29) is 0 Å². The predicted molar refractivity (Wildman–Crippen MR) is 89.8 cm³/mol. The van der Waals surface area contributed by atoms with Crippen molar-refractivity contribution in [2.24, 2.45) is 0 Å². The minimum Gasteiger partial charge on any atom is -0.352 e. The number of halogens is 3. The molecule has 0 saturated carbocycles. The van der Waals surface area contributed by atoms with Crippen LogP contribution in [0.15, 0.2) is 30.5 Å². The number of unbranched alkanes of at least 4 members (excludes halogenated alkanes) is 3. The summed E-state index contributed by atoms with van der Waals surface area (Å²) in [6.45, 7) is 4.12. The van der Waals surface area contributed by atoms with Crippen LogP contribution in [-0.2, 0) is 6.18 Å². The molecule has 0 fully saturated rings. The predicted octanol–water partition coefficient (Wildman–Crippen LogP) is 4.51. The normalized spacial score (nSPS) is 11.6. The lowest BCUT2D eigenvalue weighted by molar-refractivity contribution is -0.143. The Hall–Kier alpha value is -2.31. The number of nitrogens with zero attached hydrogens (tertiary/aromatic N) is 2. The molecule has 0 aliphatic rings. The van der Waals surface area contributed by atoms with Gasteiger partial charge in [0.15, 0.2) is 5.69 Å². The summed E-state index contributed by atoms with van der Waals surface area (Å²) < 4.78 is 41.5. The topological polar surface area (TPSA) is 46.9 Å². The molecule has 0 bridgehead atoms. The number of benzene rings is 1. The molecule has 7 heteroatoms. The van der Waals surface area contributed by atoms with Gasteiger partial charge in [-0.2, -0.15) is 18.3 Å². The van der Waals surface area contributed by atoms with E-state index in [0.29, 0.717) is 17.8 Å². The van der Waals surface area contributed by atoms with Gasteiger partial charge in [-0.25, -0.2) is 4.68 Å². The van der Waals surface area contributed by atoms with Crippen LogP contribution in [0.25, 0.3) is 5.69 Å². The monoisotopic (exact) mass is 353 g/mol. The Labute approximate surface area is 145 Å². The number of rotatable bonds is 7. The lowest BCUT2D eigenvalue weighted by Gasteiger charge is -2.14. The summed E-state index contributed by atoms with van der Waals surface area (Å²) in [7, 11) is 0. The summed E-state index contributed by atoms with van der Waals surface area (Å²) in [5, 5.41) is 6.39. The number of carbonyl (C=O) groups excluding carboxylic acids is 1. The molecule has 0 atom stereocenters. The summed E-state index contributed by atoms with van der Waals surface area (Å²) in [5.74, 6) is -0.747. The number of amides is 1. The van der Waals surface area contributed by atoms with E-state index in [4.69, 9.17) is 0 Å². The number of para-hydroxylation sites is 1. The molecule has 0 unspecified atom stereocenters. The first kappa shape index (κ1) is 19.0. The highest BCUT2D eigenvalue weighted by Crippen LogP contribution is 2.34. The third kappa shape index (κ3) is 4.61. The minimum absolute atomic E-state index is 0.303. The van der Waals surface area contributed by atoms with Crippen molar-refractivity contribution in [2.45, 2.75) is 45.7 Å². The molecule has 4 nitrogen and oxygen atoms in total. The zero-order valence-electron chi connectivity index (χ0n) is 14.4. The van der Waals surface area contributed by atoms with Gasteiger partial charge < -0.3 is 5.32 Å². The van der Waals surface area contributed by atoms with Gasteiger partial charge in [-0.15, -0.1) is 0 Å². The lowest BCUT2D eigenvalue weighted by atomic mass is 10.1. The Balaban J connectivity index is 2.28. The Morgan fingerprint density at radius 2 is 1.92 bits per heavy atom. The molecule has 1 heterocycles. The average Bonchev–Trinajstić information content (AvgIpc) is 3.00. The number of alkyl halides is 3. The summed E-state index contributed by atoms with van der Waals surface area (Å²) in [6, 6.07) is 6.62. The van der Waals surface area contributed by atoms with Gasteiger partial charge in [0.25, 0.3) is 5.91 Å². The van der Waals surface area contributed by atoms with E-state index in [0.717, 1.165) is 36.6 Å². The molecule has 0 spiro atoms. The van der Waals surface area contributed by atoms with Gasteiger partial charge in [0.2, 0.25) is 0 Å². The maximum absolute atomic E-state index is 13.6. The van der Waals surface area contributed by atoms with Crippen molar-refractivity contribution in [3.63, 3.8) is 0 Å². The van der Waals surface area contributed by atoms with E-state index in [1.807, 2.05) is 0 Å². The Bertz CT molecular complexity index is 723. The van der Waals surface area contributed by atoms with E-state index in [2.05, 4.69) is 17.3 Å². The highest BCUT2D eigenvalue weighted by atomic mass is 19.4. The van der Waals surface area contributed by atoms with Crippen molar-refractivity contribution in [2.75, 3.05) is 6.54 Å². The molecule has 25 heavy (non-hydrogen) atoms. The summed E-state index contributed by atoms with van der Waals surface area (Å²) >= 11 is 0. The molecule has 2 rings (SSSR count). The van der Waals surface area contributed by atoms with E-state index in [9.17, 15) is 18.0 Å². The number of carbonyl (C=O) groups is 1. The second-order valence-electron chi connectivity index (χ2n) is 5.92. The van der Waals surface area contributed by atoms with Crippen LogP contribution in [-0.4, -0.2) is 22.2 Å². The maximum atomic E-state index is 13.6. The average molecular weight is 353 g/mol. The smallest absolute Gasteiger partial charge is 0.352 e. The number of hydrogen-bond acceptors (Lipinski definition) is 2. The van der Waals surface area contributed by atoms with Gasteiger partial charge in [-0.05, 0) is 25.0 Å². The van der Waals surface area contributed by atoms with Crippen molar-refractivity contribution in [3.05, 3.63) is 47.3 Å². The SMILES string of the molecule is CCCCCCNC(=O)c1cnn(-c2ccccc2C)c1C(F)(F)F. The molecule has 1 amide bonds. The van der Waals surface area contributed by atoms with E-state index >= 15 is 0 Å². The fourth-order valence-electron chi connectivity index (χ4n) is 2.62. The van der Waals surface area contributed by atoms with Gasteiger partial charge in [0, 0.05) is 6.54 Å². The van der Waals surface area contributed by atoms with Gasteiger partial charge in [-0.1, -0.05) is 44.4 Å². The van der Waals surface area contributed by atoms with Crippen molar-refractivity contribution in [1.29, 1.82) is 0 Å². The summed E-state index contributed by atoms with van der Waals surface area (Å²) in [6.07, 6.45) is 0.0623. The number of aromatic nitrogens is 2. The zero-order chi connectivity index (χ0) is 18.4. The molecule has 0 aliphatic carbocycles. The third-order valence-electron chi connectivity index (χ3n) is 3.94. The van der Waals surface area contributed by atoms with Crippen LogP contribution in [0, 0.1) is 6.92 Å². The second-order valence-corrected chi connectivity index (χ2v) is 5.92. The summed E-state index contributed by atoms with van der Waals surface area (Å²) in [4.78, 5) is 12.2. The van der Waals surface area contributed by atoms with Gasteiger partial charge in [-0.3, -0.25) is 4.79 Å². The van der Waals surface area contributed by atoms with Crippen LogP contribution in [0.2, 0.25) is 0 Å². The fourth-order valence-corrected chi connectivity index (χ4v) is 2.62. The summed E-state index contributed by atoms with van der Waals surface area (Å²) in [5.41, 5.74) is -0.557. The maximum Gasteiger partial charge on any atom is 0.434 e. The van der Waals surface area contributed by atoms with Crippen LogP contribution in [0.1, 0.15) is 54.2 Å². The van der Waals surface area contributed by atoms with E-state index in [1.165, 1.54) is 0 Å². The number of nitrogens with one attached hydrogen (secondary N) is 1. The molecule has 0 saturated heterocycles. The first-order valence-corrected chi connectivity index (χ1v) is 8.35. The third-order valence-corrected chi connectivity index (χ3v) is 3.94. The Morgan fingerprint density at radius 1 is 1.20 bits per heavy atom. The molecule has 1 aromatic heterocycles. The standard InChI is InChI=1S/C18H22F3N3O/c1-3-4-5-8-11-22-17(25)14-12-23-24(16(14)18(19,20)21)15-10-7-6-9-13(15)2/h6-7,9-10,12H,3-5,8,11H2,1-2H3,(H,22,25). The molecule has 0 radical (unpaired) electrons. The first-order valence-electron chi connectivity index (χ1n) is 8.35. The van der Waals surface area contributed by atoms with Crippen LogP contribution in [0.3, 0.4) is 0 Å². The van der Waals surface area contributed by atoms with Crippen molar-refractivity contribution in [1.82, 2.24) is 15.1 Å². The minimum atomic E-state index is -4.69. The van der Waals surface area contributed by atoms with Crippen LogP contribution in [0.4, 0.5) is 13.2 Å². The molecule has 1 aromatic carbocycles. The molecule has 1 N–H and O–H groups in total. The highest BCUT2D eigenvalue weighted by Gasteiger charge is 2.40. The van der Waals surface area contributed by atoms with Gasteiger partial charge in [0.1, 0.15) is 0 Å². The first-order chi connectivity index (χ1) is 11.9. The molecule has 2 aromatic rings. The van der Waals surface area contributed by atoms with Crippen molar-refractivity contribution < 1.29 is 18.0 Å². The largest absolute Gasteiger partial charge is 0.434 e. The highest BCUT2D eigenvalue weighted by molar-refractivity contribution is 5.95. The fraction of sp³-hybridized carbons (Fsp3) is 0.444. The van der Waals surface area contributed by atoms with Crippen molar-refractivity contribution >= 4 is 5.91 Å². The molecular formula is C18H22F3N3O. The van der Waals surface area contributed by atoms with Crippen LogP contribution < -0.4 is 5.32 Å². The van der Waals surface area contributed by atoms with Gasteiger partial charge in [0.05, 0.1) is 17.4 Å². The zero-order valence-corrected chi connectivity index (χ0v) is 14.4. The number of hydrogen-bond donors (Lipinski definition) is 1.